The maximum atomic E-state index is 13.1. The van der Waals surface area contributed by atoms with Crippen molar-refractivity contribution in [2.24, 2.45) is 5.84 Å². The van der Waals surface area contributed by atoms with Crippen LogP contribution in [0.3, 0.4) is 0 Å². The van der Waals surface area contributed by atoms with Crippen LogP contribution < -0.4 is 16.8 Å². The molecule has 0 aliphatic heterocycles. The number of carbonyl (C=O) groups is 3. The standard InChI is InChI=1S/C21H16Cl2N4O5/c22-16-3-1-2-14(17(16)23)9-27-10-25-8-15(21(27)31)18(29)19(32-11-28)12-4-6-13(7-5-12)20(30)26-24/h1-8,10-11,19H,9,24H2,(H,26,30). The van der Waals surface area contributed by atoms with Crippen molar-refractivity contribution in [2.75, 3.05) is 0 Å². The van der Waals surface area contributed by atoms with Crippen molar-refractivity contribution in [1.29, 1.82) is 0 Å². The summed E-state index contributed by atoms with van der Waals surface area (Å²) in [5.41, 5.74) is 2.08. The van der Waals surface area contributed by atoms with E-state index in [1.54, 1.807) is 18.2 Å². The molecule has 0 bridgehead atoms. The third-order valence-electron chi connectivity index (χ3n) is 4.58. The van der Waals surface area contributed by atoms with Gasteiger partial charge in [0.15, 0.2) is 6.10 Å². The summed E-state index contributed by atoms with van der Waals surface area (Å²) in [6.07, 6.45) is 0.937. The van der Waals surface area contributed by atoms with E-state index in [0.717, 1.165) is 6.20 Å². The summed E-state index contributed by atoms with van der Waals surface area (Å²) in [5.74, 6) is 3.78. The monoisotopic (exact) mass is 474 g/mol. The second-order valence-electron chi connectivity index (χ2n) is 6.53. The van der Waals surface area contributed by atoms with E-state index in [4.69, 9.17) is 33.8 Å². The number of nitrogens with zero attached hydrogens (tertiary/aromatic N) is 2. The second-order valence-corrected chi connectivity index (χ2v) is 7.31. The number of ether oxygens (including phenoxy) is 1. The number of nitrogen functional groups attached to an aromatic ring is 1. The van der Waals surface area contributed by atoms with Crippen molar-refractivity contribution in [2.45, 2.75) is 12.6 Å². The van der Waals surface area contributed by atoms with Crippen molar-refractivity contribution < 1.29 is 19.1 Å². The zero-order valence-electron chi connectivity index (χ0n) is 16.3. The molecule has 1 unspecified atom stereocenters. The number of carbonyl (C=O) groups excluding carboxylic acids is 3. The maximum Gasteiger partial charge on any atom is 0.294 e. The van der Waals surface area contributed by atoms with Gasteiger partial charge in [-0.3, -0.25) is 29.2 Å². The number of hydrogen-bond donors (Lipinski definition) is 2. The number of ketones is 1. The zero-order valence-corrected chi connectivity index (χ0v) is 17.8. The van der Waals surface area contributed by atoms with Crippen LogP contribution in [-0.2, 0) is 16.1 Å². The molecule has 2 aromatic carbocycles. The average Bonchev–Trinajstić information content (AvgIpc) is 2.81. The van der Waals surface area contributed by atoms with Crippen molar-refractivity contribution in [3.05, 3.63) is 97.6 Å². The molecule has 11 heteroatoms. The van der Waals surface area contributed by atoms with E-state index in [9.17, 15) is 19.2 Å². The molecular weight excluding hydrogens is 459 g/mol. The van der Waals surface area contributed by atoms with E-state index in [2.05, 4.69) is 4.98 Å². The fraction of sp³-hybridized carbons (Fsp3) is 0.0952. The summed E-state index contributed by atoms with van der Waals surface area (Å²) in [6, 6.07) is 10.6. The van der Waals surface area contributed by atoms with Crippen molar-refractivity contribution >= 4 is 41.4 Å². The van der Waals surface area contributed by atoms with Gasteiger partial charge in [-0.05, 0) is 23.8 Å². The highest BCUT2D eigenvalue weighted by molar-refractivity contribution is 6.42. The lowest BCUT2D eigenvalue weighted by Gasteiger charge is -2.15. The number of rotatable bonds is 8. The molecule has 32 heavy (non-hydrogen) atoms. The zero-order chi connectivity index (χ0) is 23.3. The van der Waals surface area contributed by atoms with Gasteiger partial charge in [0.25, 0.3) is 17.9 Å². The van der Waals surface area contributed by atoms with E-state index < -0.39 is 23.4 Å². The minimum atomic E-state index is -1.41. The highest BCUT2D eigenvalue weighted by atomic mass is 35.5. The number of Topliss-reactive ketones (excluding diaryl/α,β-unsaturated/α-hetero) is 1. The highest BCUT2D eigenvalue weighted by Crippen LogP contribution is 2.26. The number of hydrazine groups is 1. The van der Waals surface area contributed by atoms with Crippen LogP contribution in [0.2, 0.25) is 10.0 Å². The predicted molar refractivity (Wildman–Crippen MR) is 116 cm³/mol. The Morgan fingerprint density at radius 1 is 1.19 bits per heavy atom. The van der Waals surface area contributed by atoms with Gasteiger partial charge in [0.1, 0.15) is 5.56 Å². The first-order valence-electron chi connectivity index (χ1n) is 9.09. The molecule has 9 nitrogen and oxygen atoms in total. The molecule has 164 valence electrons. The largest absolute Gasteiger partial charge is 0.451 e. The SMILES string of the molecule is NNC(=O)c1ccc(C(OC=O)C(=O)c2cncn(Cc3cccc(Cl)c3Cl)c2=O)cc1. The van der Waals surface area contributed by atoms with Crippen LogP contribution in [0.25, 0.3) is 0 Å². The molecule has 1 atom stereocenters. The molecule has 0 saturated heterocycles. The third-order valence-corrected chi connectivity index (χ3v) is 5.43. The molecule has 0 radical (unpaired) electrons. The first-order valence-corrected chi connectivity index (χ1v) is 9.84. The fourth-order valence-corrected chi connectivity index (χ4v) is 3.35. The van der Waals surface area contributed by atoms with Crippen LogP contribution in [-0.4, -0.2) is 27.7 Å². The Morgan fingerprint density at radius 3 is 2.56 bits per heavy atom. The molecule has 1 aromatic heterocycles. The molecule has 0 spiro atoms. The first-order chi connectivity index (χ1) is 15.4. The van der Waals surface area contributed by atoms with Crippen LogP contribution in [0.4, 0.5) is 0 Å². The summed E-state index contributed by atoms with van der Waals surface area (Å²) in [7, 11) is 0. The number of hydrogen-bond acceptors (Lipinski definition) is 7. The third kappa shape index (κ3) is 4.86. The molecular formula is C21H16Cl2N4O5. The van der Waals surface area contributed by atoms with Gasteiger partial charge in [0.05, 0.1) is 22.9 Å². The first kappa shape index (κ1) is 23.1. The van der Waals surface area contributed by atoms with E-state index in [1.165, 1.54) is 35.2 Å². The average molecular weight is 475 g/mol. The van der Waals surface area contributed by atoms with Crippen LogP contribution in [0, 0.1) is 0 Å². The van der Waals surface area contributed by atoms with E-state index in [-0.39, 0.29) is 34.7 Å². The van der Waals surface area contributed by atoms with Crippen LogP contribution in [0.5, 0.6) is 0 Å². The minimum absolute atomic E-state index is 0.0223. The molecule has 1 amide bonds. The summed E-state index contributed by atoms with van der Waals surface area (Å²) >= 11 is 12.2. The molecule has 3 aromatic rings. The van der Waals surface area contributed by atoms with Crippen LogP contribution in [0.1, 0.15) is 37.9 Å². The van der Waals surface area contributed by atoms with Crippen molar-refractivity contribution in [3.8, 4) is 0 Å². The van der Waals surface area contributed by atoms with E-state index in [0.29, 0.717) is 10.6 Å². The van der Waals surface area contributed by atoms with Gasteiger partial charge < -0.3 is 4.74 Å². The summed E-state index contributed by atoms with van der Waals surface area (Å²) < 4.78 is 6.14. The molecule has 3 rings (SSSR count). The lowest BCUT2D eigenvalue weighted by molar-refractivity contribution is -0.132. The number of amides is 1. The molecule has 0 saturated carbocycles. The quantitative estimate of drug-likeness (QED) is 0.168. The molecule has 0 aliphatic rings. The van der Waals surface area contributed by atoms with Gasteiger partial charge in [0.2, 0.25) is 5.78 Å². The van der Waals surface area contributed by atoms with Gasteiger partial charge in [-0.15, -0.1) is 0 Å². The van der Waals surface area contributed by atoms with Gasteiger partial charge >= 0.3 is 0 Å². The summed E-state index contributed by atoms with van der Waals surface area (Å²) in [6.45, 7) is 0.123. The Balaban J connectivity index is 1.95. The molecule has 0 aliphatic carbocycles. The van der Waals surface area contributed by atoms with Gasteiger partial charge in [0, 0.05) is 17.3 Å². The van der Waals surface area contributed by atoms with E-state index >= 15 is 0 Å². The smallest absolute Gasteiger partial charge is 0.294 e. The molecule has 3 N–H and O–H groups in total. The topological polar surface area (TPSA) is 133 Å². The van der Waals surface area contributed by atoms with Gasteiger partial charge in [-0.1, -0.05) is 47.5 Å². The number of nitrogens with one attached hydrogen (secondary N) is 1. The van der Waals surface area contributed by atoms with Crippen molar-refractivity contribution in [1.82, 2.24) is 15.0 Å². The fourth-order valence-electron chi connectivity index (χ4n) is 2.97. The second kappa shape index (κ2) is 10.2. The van der Waals surface area contributed by atoms with Gasteiger partial charge in [-0.25, -0.2) is 10.8 Å². The number of nitrogens with two attached hydrogens (primary N) is 1. The molecule has 1 heterocycles. The Bertz CT molecular complexity index is 1230. The maximum absolute atomic E-state index is 13.1. The normalized spacial score (nSPS) is 11.5. The Labute approximate surface area is 191 Å². The van der Waals surface area contributed by atoms with E-state index in [1.807, 2.05) is 5.43 Å². The number of benzene rings is 2. The Morgan fingerprint density at radius 2 is 1.91 bits per heavy atom. The lowest BCUT2D eigenvalue weighted by Crippen LogP contribution is -2.30. The summed E-state index contributed by atoms with van der Waals surface area (Å²) in [4.78, 5) is 52.6. The Kier molecular flexibility index (Phi) is 7.37. The van der Waals surface area contributed by atoms with Crippen molar-refractivity contribution in [3.63, 3.8) is 0 Å². The summed E-state index contributed by atoms with van der Waals surface area (Å²) in [5, 5.41) is 0.602. The Hall–Kier alpha value is -3.53. The minimum Gasteiger partial charge on any atom is -0.451 e. The number of halogens is 2. The predicted octanol–water partition coefficient (Wildman–Crippen LogP) is 2.30. The van der Waals surface area contributed by atoms with Gasteiger partial charge in [-0.2, -0.15) is 0 Å². The molecule has 0 fully saturated rings. The highest BCUT2D eigenvalue weighted by Gasteiger charge is 2.27. The lowest BCUT2D eigenvalue weighted by atomic mass is 10.00. The number of aromatic nitrogens is 2. The van der Waals surface area contributed by atoms with Crippen LogP contribution in [0.15, 0.2) is 59.8 Å². The van der Waals surface area contributed by atoms with Crippen LogP contribution >= 0.6 is 23.2 Å².